The van der Waals surface area contributed by atoms with Gasteiger partial charge in [-0.2, -0.15) is 0 Å². The molecule has 0 bridgehead atoms. The molecule has 2 heterocycles. The summed E-state index contributed by atoms with van der Waals surface area (Å²) in [5, 5.41) is -0.483. The van der Waals surface area contributed by atoms with Crippen molar-refractivity contribution < 1.29 is 33.3 Å². The van der Waals surface area contributed by atoms with E-state index in [9.17, 15) is 14.4 Å². The maximum atomic E-state index is 13.9. The number of rotatable bonds is 6. The number of nitrogens with two attached hydrogens (primary N) is 1. The minimum absolute atomic E-state index is 0.0150. The maximum Gasteiger partial charge on any atom is 0.357 e. The summed E-state index contributed by atoms with van der Waals surface area (Å²) in [6.45, 7) is 0. The van der Waals surface area contributed by atoms with E-state index in [0.29, 0.717) is 27.8 Å². The van der Waals surface area contributed by atoms with Gasteiger partial charge >= 0.3 is 11.9 Å². The number of para-hydroxylation sites is 2. The number of anilines is 1. The van der Waals surface area contributed by atoms with E-state index < -0.39 is 23.1 Å². The van der Waals surface area contributed by atoms with Gasteiger partial charge in [-0.1, -0.05) is 48.2 Å². The van der Waals surface area contributed by atoms with Crippen molar-refractivity contribution in [2.75, 3.05) is 34.2 Å². The van der Waals surface area contributed by atoms with E-state index in [-0.39, 0.29) is 21.6 Å². The van der Waals surface area contributed by atoms with Gasteiger partial charge in [-0.25, -0.2) is 9.59 Å². The van der Waals surface area contributed by atoms with E-state index >= 15 is 0 Å². The zero-order chi connectivity index (χ0) is 26.0. The number of benzene rings is 2. The highest BCUT2D eigenvalue weighted by Gasteiger charge is 2.39. The second-order valence-electron chi connectivity index (χ2n) is 7.64. The predicted molar refractivity (Wildman–Crippen MR) is 135 cm³/mol. The van der Waals surface area contributed by atoms with Crippen LogP contribution in [0.15, 0.2) is 48.5 Å². The lowest BCUT2D eigenvalue weighted by Gasteiger charge is -2.24. The molecule has 3 aromatic rings. The van der Waals surface area contributed by atoms with Gasteiger partial charge < -0.3 is 24.7 Å². The van der Waals surface area contributed by atoms with Gasteiger partial charge in [-0.3, -0.25) is 9.36 Å². The van der Waals surface area contributed by atoms with Gasteiger partial charge in [0.15, 0.2) is 5.69 Å². The van der Waals surface area contributed by atoms with Crippen LogP contribution in [0, 0.1) is 0 Å². The second-order valence-corrected chi connectivity index (χ2v) is 8.75. The molecule has 10 heteroatoms. The van der Waals surface area contributed by atoms with Crippen molar-refractivity contribution in [3.63, 3.8) is 0 Å². The van der Waals surface area contributed by atoms with Crippen LogP contribution in [0.4, 0.5) is 5.69 Å². The van der Waals surface area contributed by atoms with Crippen molar-refractivity contribution >= 4 is 46.3 Å². The minimum atomic E-state index is -0.919. The number of nitrogens with zero attached hydrogens (tertiary/aromatic N) is 1. The topological polar surface area (TPSA) is 119 Å². The summed E-state index contributed by atoms with van der Waals surface area (Å²) in [4.78, 5) is 40.0. The molecule has 2 N–H and O–H groups in total. The fraction of sp³-hybridized carbons (Fsp3) is 0.192. The molecule has 4 rings (SSSR count). The molecule has 9 nitrogen and oxygen atoms in total. The summed E-state index contributed by atoms with van der Waals surface area (Å²) in [7, 11) is 5.44. The number of thioether (sulfide) groups is 1. The van der Waals surface area contributed by atoms with E-state index in [2.05, 4.69) is 0 Å². The Morgan fingerprint density at radius 2 is 1.53 bits per heavy atom. The van der Waals surface area contributed by atoms with E-state index in [1.165, 1.54) is 28.4 Å². The fourth-order valence-corrected chi connectivity index (χ4v) is 5.35. The first-order chi connectivity index (χ1) is 17.4. The van der Waals surface area contributed by atoms with Crippen molar-refractivity contribution in [3.05, 3.63) is 75.9 Å². The minimum Gasteiger partial charge on any atom is -0.496 e. The number of ether oxygens (including phenoxy) is 4. The van der Waals surface area contributed by atoms with E-state index in [4.69, 9.17) is 24.7 Å². The lowest BCUT2D eigenvalue weighted by atomic mass is 10.1. The highest BCUT2D eigenvalue weighted by molar-refractivity contribution is 8.10. The number of hydrogen-bond donors (Lipinski definition) is 1. The molecule has 0 amide bonds. The Morgan fingerprint density at radius 3 is 2.17 bits per heavy atom. The van der Waals surface area contributed by atoms with Gasteiger partial charge in [-0.15, -0.1) is 0 Å². The van der Waals surface area contributed by atoms with Gasteiger partial charge in [-0.05, 0) is 18.2 Å². The van der Waals surface area contributed by atoms with Crippen LogP contribution in [-0.4, -0.2) is 50.9 Å². The average Bonchev–Trinajstić information content (AvgIpc) is 3.20. The van der Waals surface area contributed by atoms with E-state index in [1.54, 1.807) is 54.6 Å². The molecule has 1 aromatic heterocycles. The standard InChI is InChI=1S/C26H24N2O7S/c1-32-17-11-7-5-9-14(17)13-16-19(27)21(25(30)34-3)28-20(16)23(26(31)35-4)36-22(24(28)29)15-10-6-8-12-18(15)33-2/h5-13,22H,27H2,1-4H3/b16-13+/t22-/m0/s1. The van der Waals surface area contributed by atoms with E-state index in [1.807, 2.05) is 0 Å². The Bertz CT molecular complexity index is 1490. The molecule has 0 radical (unpaired) electrons. The highest BCUT2D eigenvalue weighted by atomic mass is 32.2. The Labute approximate surface area is 211 Å². The molecule has 0 saturated carbocycles. The van der Waals surface area contributed by atoms with Crippen molar-refractivity contribution in [2.45, 2.75) is 5.25 Å². The molecular weight excluding hydrogens is 484 g/mol. The second kappa shape index (κ2) is 10.2. The normalized spacial score (nSPS) is 15.3. The molecular formula is C26H24N2O7S. The Kier molecular flexibility index (Phi) is 7.07. The third-order valence-electron chi connectivity index (χ3n) is 5.75. The highest BCUT2D eigenvalue weighted by Crippen LogP contribution is 2.42. The third kappa shape index (κ3) is 4.09. The predicted octanol–water partition coefficient (Wildman–Crippen LogP) is 2.11. The number of carbonyl (C=O) groups excluding carboxylic acids is 3. The monoisotopic (exact) mass is 508 g/mol. The van der Waals surface area contributed by atoms with Crippen LogP contribution in [0.5, 0.6) is 11.5 Å². The quantitative estimate of drug-likeness (QED) is 0.499. The molecule has 0 saturated heterocycles. The summed E-state index contributed by atoms with van der Waals surface area (Å²) in [5.41, 5.74) is 7.42. The van der Waals surface area contributed by atoms with Gasteiger partial charge in [0.25, 0.3) is 0 Å². The number of aromatic nitrogens is 1. The number of hydrogen-bond acceptors (Lipinski definition) is 9. The summed E-state index contributed by atoms with van der Waals surface area (Å²) < 4.78 is 22.1. The zero-order valence-corrected chi connectivity index (χ0v) is 20.9. The summed E-state index contributed by atoms with van der Waals surface area (Å²) in [5.74, 6) is -0.998. The van der Waals surface area contributed by atoms with Gasteiger partial charge in [0, 0.05) is 16.3 Å². The van der Waals surface area contributed by atoms with Crippen LogP contribution in [-0.2, 0) is 14.3 Å². The summed E-state index contributed by atoms with van der Waals surface area (Å²) >= 11 is 1.01. The van der Waals surface area contributed by atoms with Crippen LogP contribution < -0.4 is 25.8 Å². The van der Waals surface area contributed by atoms with Crippen LogP contribution >= 0.6 is 11.8 Å². The maximum absolute atomic E-state index is 13.9. The first kappa shape index (κ1) is 24.9. The molecule has 186 valence electrons. The number of fused-ring (bicyclic) bond motifs is 1. The molecule has 0 fully saturated rings. The van der Waals surface area contributed by atoms with Crippen molar-refractivity contribution in [2.24, 2.45) is 0 Å². The Balaban J connectivity index is 2.14. The fourth-order valence-electron chi connectivity index (χ4n) is 4.10. The van der Waals surface area contributed by atoms with Crippen LogP contribution in [0.1, 0.15) is 31.7 Å². The molecule has 0 spiro atoms. The van der Waals surface area contributed by atoms with Gasteiger partial charge in [0.2, 0.25) is 5.91 Å². The Morgan fingerprint density at radius 1 is 0.917 bits per heavy atom. The lowest BCUT2D eigenvalue weighted by molar-refractivity contribution is -0.133. The first-order valence-corrected chi connectivity index (χ1v) is 11.7. The molecule has 0 aliphatic carbocycles. The summed E-state index contributed by atoms with van der Waals surface area (Å²) in [6, 6.07) is 14.1. The molecule has 0 unspecified atom stereocenters. The molecule has 36 heavy (non-hydrogen) atoms. The van der Waals surface area contributed by atoms with Gasteiger partial charge in [0.1, 0.15) is 21.7 Å². The first-order valence-electron chi connectivity index (χ1n) is 10.8. The molecule has 1 aliphatic rings. The van der Waals surface area contributed by atoms with Crippen molar-refractivity contribution in [3.8, 4) is 11.5 Å². The number of nitrogen functional groups attached to an aromatic ring is 1. The summed E-state index contributed by atoms with van der Waals surface area (Å²) in [6.07, 6.45) is 1.66. The number of carbonyl (C=O) groups is 3. The van der Waals surface area contributed by atoms with E-state index in [0.717, 1.165) is 16.3 Å². The molecule has 1 atom stereocenters. The van der Waals surface area contributed by atoms with Crippen LogP contribution in [0.25, 0.3) is 11.0 Å². The smallest absolute Gasteiger partial charge is 0.357 e. The van der Waals surface area contributed by atoms with Crippen molar-refractivity contribution in [1.29, 1.82) is 0 Å². The lowest BCUT2D eigenvalue weighted by Crippen LogP contribution is -2.42. The molecule has 2 aromatic carbocycles. The molecule has 1 aliphatic heterocycles. The number of esters is 2. The third-order valence-corrected chi connectivity index (χ3v) is 7.04. The average molecular weight is 509 g/mol. The van der Waals surface area contributed by atoms with Crippen LogP contribution in [0.2, 0.25) is 0 Å². The SMILES string of the molecule is COC(=O)C1=c2/c(=C/c3ccccc3OC)c(N)c(C(=O)OC)n2C(=O)[C@H](c2ccccc2OC)S1. The van der Waals surface area contributed by atoms with Gasteiger partial charge in [0.05, 0.1) is 39.5 Å². The van der Waals surface area contributed by atoms with Crippen LogP contribution in [0.3, 0.4) is 0 Å². The largest absolute Gasteiger partial charge is 0.496 e. The zero-order valence-electron chi connectivity index (χ0n) is 20.1. The Hall–Kier alpha value is -4.18. The van der Waals surface area contributed by atoms with Crippen molar-refractivity contribution in [1.82, 2.24) is 4.57 Å². The number of methoxy groups -OCH3 is 4.